The summed E-state index contributed by atoms with van der Waals surface area (Å²) in [7, 11) is -7.57. The third kappa shape index (κ3) is 3.63. The van der Waals surface area contributed by atoms with E-state index in [1.807, 2.05) is 0 Å². The molecule has 1 saturated heterocycles. The minimum absolute atomic E-state index is 0.0221. The predicted octanol–water partition coefficient (Wildman–Crippen LogP) is 1.14. The molecule has 0 saturated carbocycles. The zero-order valence-corrected chi connectivity index (χ0v) is 13.5. The van der Waals surface area contributed by atoms with Gasteiger partial charge < -0.3 is 0 Å². The molecule has 6 nitrogen and oxygen atoms in total. The number of sulfonamides is 2. The minimum Gasteiger partial charge on any atom is -0.225 e. The van der Waals surface area contributed by atoms with Gasteiger partial charge in [0.2, 0.25) is 20.0 Å². The highest BCUT2D eigenvalue weighted by Crippen LogP contribution is 2.27. The quantitative estimate of drug-likeness (QED) is 0.874. The number of benzene rings is 1. The van der Waals surface area contributed by atoms with E-state index in [2.05, 4.69) is 6.92 Å². The van der Waals surface area contributed by atoms with Crippen LogP contribution in [0.15, 0.2) is 34.1 Å². The van der Waals surface area contributed by atoms with Crippen molar-refractivity contribution in [2.75, 3.05) is 13.1 Å². The minimum atomic E-state index is -3.91. The van der Waals surface area contributed by atoms with Crippen molar-refractivity contribution in [2.45, 2.75) is 36.0 Å². The average Bonchev–Trinajstić information content (AvgIpc) is 2.88. The molecule has 0 radical (unpaired) electrons. The molecule has 1 fully saturated rings. The zero-order valence-electron chi connectivity index (χ0n) is 11.9. The molecule has 1 aromatic rings. The van der Waals surface area contributed by atoms with Crippen LogP contribution < -0.4 is 5.14 Å². The van der Waals surface area contributed by atoms with E-state index in [0.717, 1.165) is 25.3 Å². The lowest BCUT2D eigenvalue weighted by molar-refractivity contribution is 0.444. The topological polar surface area (TPSA) is 97.5 Å². The Labute approximate surface area is 126 Å². The molecule has 0 bridgehead atoms. The van der Waals surface area contributed by atoms with Crippen LogP contribution in [0.25, 0.3) is 0 Å². The van der Waals surface area contributed by atoms with Crippen LogP contribution >= 0.6 is 0 Å². The summed E-state index contributed by atoms with van der Waals surface area (Å²) in [5, 5.41) is 5.05. The molecule has 1 heterocycles. The molecule has 1 aliphatic rings. The summed E-state index contributed by atoms with van der Waals surface area (Å²) in [4.78, 5) is -0.209. The third-order valence-electron chi connectivity index (χ3n) is 3.72. The van der Waals surface area contributed by atoms with E-state index in [-0.39, 0.29) is 9.79 Å². The van der Waals surface area contributed by atoms with Gasteiger partial charge in [-0.1, -0.05) is 19.4 Å². The van der Waals surface area contributed by atoms with E-state index in [1.165, 1.54) is 22.5 Å². The van der Waals surface area contributed by atoms with Crippen molar-refractivity contribution in [2.24, 2.45) is 11.1 Å². The van der Waals surface area contributed by atoms with Gasteiger partial charge in [-0.05, 0) is 37.0 Å². The third-order valence-corrected chi connectivity index (χ3v) is 6.49. The Kier molecular flexibility index (Phi) is 4.72. The first kappa shape index (κ1) is 16.4. The van der Waals surface area contributed by atoms with Crippen molar-refractivity contribution in [1.82, 2.24) is 4.31 Å². The van der Waals surface area contributed by atoms with Crippen LogP contribution in [-0.2, 0) is 20.0 Å². The van der Waals surface area contributed by atoms with Gasteiger partial charge >= 0.3 is 0 Å². The molecule has 1 atom stereocenters. The molecule has 0 spiro atoms. The summed E-state index contributed by atoms with van der Waals surface area (Å²) in [6.45, 7) is 3.05. The average molecular weight is 332 g/mol. The van der Waals surface area contributed by atoms with E-state index in [4.69, 9.17) is 5.14 Å². The molecule has 118 valence electrons. The fourth-order valence-corrected chi connectivity index (χ4v) is 4.83. The second-order valence-electron chi connectivity index (χ2n) is 5.33. The van der Waals surface area contributed by atoms with Crippen LogP contribution in [0, 0.1) is 5.92 Å². The van der Waals surface area contributed by atoms with Gasteiger partial charge in [0.1, 0.15) is 0 Å². The SMILES string of the molecule is CCCC1CCN(S(=O)(=O)c2cccc(S(N)(=O)=O)c2)C1. The van der Waals surface area contributed by atoms with Gasteiger partial charge in [-0.2, -0.15) is 4.31 Å². The second-order valence-corrected chi connectivity index (χ2v) is 8.83. The summed E-state index contributed by atoms with van der Waals surface area (Å²) in [5.41, 5.74) is 0. The first-order valence-corrected chi connectivity index (χ1v) is 9.87. The van der Waals surface area contributed by atoms with Gasteiger partial charge in [0.15, 0.2) is 0 Å². The summed E-state index contributed by atoms with van der Waals surface area (Å²) in [6, 6.07) is 5.21. The lowest BCUT2D eigenvalue weighted by Crippen LogP contribution is -2.29. The molecule has 1 aromatic carbocycles. The summed E-state index contributed by atoms with van der Waals surface area (Å²) in [6.07, 6.45) is 2.88. The molecule has 1 aliphatic heterocycles. The fourth-order valence-electron chi connectivity index (χ4n) is 2.62. The maximum atomic E-state index is 12.6. The Morgan fingerprint density at radius 1 is 1.24 bits per heavy atom. The van der Waals surface area contributed by atoms with E-state index < -0.39 is 20.0 Å². The van der Waals surface area contributed by atoms with E-state index in [1.54, 1.807) is 0 Å². The van der Waals surface area contributed by atoms with Crippen LogP contribution in [0.4, 0.5) is 0 Å². The molecule has 2 rings (SSSR count). The molecule has 21 heavy (non-hydrogen) atoms. The largest absolute Gasteiger partial charge is 0.243 e. The van der Waals surface area contributed by atoms with E-state index >= 15 is 0 Å². The van der Waals surface area contributed by atoms with Crippen LogP contribution in [0.5, 0.6) is 0 Å². The maximum absolute atomic E-state index is 12.6. The number of primary sulfonamides is 1. The Balaban J connectivity index is 2.29. The number of hydrogen-bond donors (Lipinski definition) is 1. The Morgan fingerprint density at radius 2 is 1.90 bits per heavy atom. The summed E-state index contributed by atoms with van der Waals surface area (Å²) >= 11 is 0. The predicted molar refractivity (Wildman–Crippen MR) is 79.6 cm³/mol. The lowest BCUT2D eigenvalue weighted by Gasteiger charge is -2.17. The second kappa shape index (κ2) is 6.04. The molecule has 2 N–H and O–H groups in total. The number of hydrogen-bond acceptors (Lipinski definition) is 4. The smallest absolute Gasteiger partial charge is 0.225 e. The Hall–Kier alpha value is -0.960. The van der Waals surface area contributed by atoms with Crippen molar-refractivity contribution in [1.29, 1.82) is 0 Å². The van der Waals surface area contributed by atoms with Gasteiger partial charge in [0.05, 0.1) is 9.79 Å². The first-order valence-electron chi connectivity index (χ1n) is 6.88. The lowest BCUT2D eigenvalue weighted by atomic mass is 10.0. The van der Waals surface area contributed by atoms with Gasteiger partial charge in [-0.25, -0.2) is 22.0 Å². The Morgan fingerprint density at radius 3 is 2.52 bits per heavy atom. The highest BCUT2D eigenvalue weighted by atomic mass is 32.2. The van der Waals surface area contributed by atoms with E-state index in [9.17, 15) is 16.8 Å². The van der Waals surface area contributed by atoms with Crippen LogP contribution in [0.3, 0.4) is 0 Å². The molecular weight excluding hydrogens is 312 g/mol. The molecular formula is C13H20N2O4S2. The molecule has 0 amide bonds. The van der Waals surface area contributed by atoms with Crippen molar-refractivity contribution >= 4 is 20.0 Å². The monoisotopic (exact) mass is 332 g/mol. The van der Waals surface area contributed by atoms with Gasteiger partial charge in [0, 0.05) is 13.1 Å². The highest BCUT2D eigenvalue weighted by Gasteiger charge is 2.32. The van der Waals surface area contributed by atoms with Crippen molar-refractivity contribution < 1.29 is 16.8 Å². The van der Waals surface area contributed by atoms with Gasteiger partial charge in [0.25, 0.3) is 0 Å². The summed E-state index contributed by atoms with van der Waals surface area (Å²) in [5.74, 6) is 0.381. The maximum Gasteiger partial charge on any atom is 0.243 e. The van der Waals surface area contributed by atoms with Gasteiger partial charge in [-0.3, -0.25) is 0 Å². The van der Waals surface area contributed by atoms with E-state index in [0.29, 0.717) is 19.0 Å². The highest BCUT2D eigenvalue weighted by molar-refractivity contribution is 7.90. The molecule has 1 unspecified atom stereocenters. The van der Waals surface area contributed by atoms with Crippen molar-refractivity contribution in [3.63, 3.8) is 0 Å². The number of rotatable bonds is 5. The first-order chi connectivity index (χ1) is 9.75. The number of nitrogens with zero attached hydrogens (tertiary/aromatic N) is 1. The molecule has 0 aromatic heterocycles. The summed E-state index contributed by atoms with van der Waals surface area (Å²) < 4.78 is 49.2. The van der Waals surface area contributed by atoms with Crippen LogP contribution in [0.1, 0.15) is 26.2 Å². The van der Waals surface area contributed by atoms with Crippen molar-refractivity contribution in [3.05, 3.63) is 24.3 Å². The normalized spacial score (nSPS) is 20.8. The fraction of sp³-hybridized carbons (Fsp3) is 0.538. The Bertz CT molecular complexity index is 713. The standard InChI is InChI=1S/C13H20N2O4S2/c1-2-4-11-7-8-15(10-11)21(18,19)13-6-3-5-12(9-13)20(14,16)17/h3,5-6,9,11H,2,4,7-8,10H2,1H3,(H2,14,16,17). The van der Waals surface area contributed by atoms with Crippen LogP contribution in [0.2, 0.25) is 0 Å². The molecule has 8 heteroatoms. The molecule has 0 aliphatic carbocycles. The number of nitrogens with two attached hydrogens (primary N) is 1. The van der Waals surface area contributed by atoms with Gasteiger partial charge in [-0.15, -0.1) is 0 Å². The zero-order chi connectivity index (χ0) is 15.7. The van der Waals surface area contributed by atoms with Crippen molar-refractivity contribution in [3.8, 4) is 0 Å². The van der Waals surface area contributed by atoms with Crippen LogP contribution in [-0.4, -0.2) is 34.2 Å².